The zero-order valence-electron chi connectivity index (χ0n) is 15.3. The summed E-state index contributed by atoms with van der Waals surface area (Å²) in [4.78, 5) is 35.6. The molecule has 0 atom stereocenters. The van der Waals surface area contributed by atoms with Crippen LogP contribution in [0.2, 0.25) is 0 Å². The van der Waals surface area contributed by atoms with Crippen LogP contribution in [0.15, 0.2) is 65.6 Å². The lowest BCUT2D eigenvalue weighted by Crippen LogP contribution is -2.29. The van der Waals surface area contributed by atoms with Crippen LogP contribution >= 0.6 is 0 Å². The highest BCUT2D eigenvalue weighted by atomic mass is 19.1. The highest BCUT2D eigenvalue weighted by molar-refractivity contribution is 6.04. The Morgan fingerprint density at radius 3 is 2.59 bits per heavy atom. The third-order valence-corrected chi connectivity index (χ3v) is 4.18. The van der Waals surface area contributed by atoms with Gasteiger partial charge in [-0.05, 0) is 35.9 Å². The maximum absolute atomic E-state index is 13.0. The van der Waals surface area contributed by atoms with Gasteiger partial charge in [-0.1, -0.05) is 12.1 Å². The van der Waals surface area contributed by atoms with Gasteiger partial charge in [-0.2, -0.15) is 0 Å². The number of halogens is 1. The summed E-state index contributed by atoms with van der Waals surface area (Å²) >= 11 is 0. The first-order valence-electron chi connectivity index (χ1n) is 8.46. The Hall–Kier alpha value is -4.01. The number of carbonyl (C=O) groups excluding carboxylic acids is 1. The summed E-state index contributed by atoms with van der Waals surface area (Å²) in [5.41, 5.74) is 0.0472. The van der Waals surface area contributed by atoms with Crippen LogP contribution in [0.25, 0.3) is 0 Å². The number of methoxy groups -OCH3 is 1. The van der Waals surface area contributed by atoms with Gasteiger partial charge in [0.05, 0.1) is 30.3 Å². The minimum absolute atomic E-state index is 0.0927. The van der Waals surface area contributed by atoms with Crippen molar-refractivity contribution in [2.45, 2.75) is 6.54 Å². The molecule has 3 rings (SSSR count). The molecule has 0 aliphatic carbocycles. The van der Waals surface area contributed by atoms with Crippen LogP contribution in [0.3, 0.4) is 0 Å². The van der Waals surface area contributed by atoms with Crippen LogP contribution in [-0.2, 0) is 6.54 Å². The zero-order chi connectivity index (χ0) is 21.0. The van der Waals surface area contributed by atoms with Gasteiger partial charge in [0.1, 0.15) is 17.1 Å². The highest BCUT2D eigenvalue weighted by Crippen LogP contribution is 2.29. The summed E-state index contributed by atoms with van der Waals surface area (Å²) in [6, 6.07) is 12.3. The average molecular weight is 397 g/mol. The van der Waals surface area contributed by atoms with Gasteiger partial charge in [-0.3, -0.25) is 19.7 Å². The summed E-state index contributed by atoms with van der Waals surface area (Å²) in [5.74, 6) is -0.975. The number of hydrogen-bond acceptors (Lipinski definition) is 5. The van der Waals surface area contributed by atoms with Crippen molar-refractivity contribution in [1.29, 1.82) is 0 Å². The van der Waals surface area contributed by atoms with Crippen molar-refractivity contribution in [2.24, 2.45) is 0 Å². The van der Waals surface area contributed by atoms with Crippen LogP contribution in [0.1, 0.15) is 15.9 Å². The SMILES string of the molecule is COc1cc([N+](=O)[O-])ccc1NC(=O)c1cccn(Cc2ccc(F)cc2)c1=O. The molecular weight excluding hydrogens is 381 g/mol. The number of non-ortho nitro benzene ring substituents is 1. The first kappa shape index (κ1) is 19.7. The number of hydrogen-bond donors (Lipinski definition) is 1. The van der Waals surface area contributed by atoms with E-state index >= 15 is 0 Å². The van der Waals surface area contributed by atoms with Gasteiger partial charge in [0.15, 0.2) is 0 Å². The van der Waals surface area contributed by atoms with Crippen LogP contribution < -0.4 is 15.6 Å². The van der Waals surface area contributed by atoms with E-state index in [0.717, 1.165) is 0 Å². The number of nitrogens with zero attached hydrogens (tertiary/aromatic N) is 2. The number of aromatic nitrogens is 1. The number of carbonyl (C=O) groups is 1. The lowest BCUT2D eigenvalue weighted by Gasteiger charge is -2.11. The van der Waals surface area contributed by atoms with E-state index in [2.05, 4.69) is 5.32 Å². The second kappa shape index (κ2) is 8.34. The molecule has 1 N–H and O–H groups in total. The molecule has 0 aliphatic heterocycles. The molecule has 9 heteroatoms. The predicted octanol–water partition coefficient (Wildman–Crippen LogP) is 3.20. The van der Waals surface area contributed by atoms with Gasteiger partial charge in [-0.15, -0.1) is 0 Å². The highest BCUT2D eigenvalue weighted by Gasteiger charge is 2.17. The Bertz CT molecular complexity index is 1130. The molecule has 0 saturated heterocycles. The Labute approximate surface area is 164 Å². The number of anilines is 1. The smallest absolute Gasteiger partial charge is 0.273 e. The van der Waals surface area contributed by atoms with E-state index in [1.54, 1.807) is 18.2 Å². The molecule has 29 heavy (non-hydrogen) atoms. The number of amides is 1. The summed E-state index contributed by atoms with van der Waals surface area (Å²) in [5, 5.41) is 13.4. The van der Waals surface area contributed by atoms with Crippen molar-refractivity contribution in [1.82, 2.24) is 4.57 Å². The largest absolute Gasteiger partial charge is 0.494 e. The summed E-state index contributed by atoms with van der Waals surface area (Å²) < 4.78 is 19.5. The topological polar surface area (TPSA) is 103 Å². The molecule has 1 amide bonds. The zero-order valence-corrected chi connectivity index (χ0v) is 15.3. The normalized spacial score (nSPS) is 10.4. The molecule has 3 aromatic rings. The lowest BCUT2D eigenvalue weighted by atomic mass is 10.2. The second-order valence-electron chi connectivity index (χ2n) is 6.08. The fourth-order valence-corrected chi connectivity index (χ4v) is 2.71. The quantitative estimate of drug-likeness (QED) is 0.508. The molecule has 0 bridgehead atoms. The van der Waals surface area contributed by atoms with Gasteiger partial charge in [0.25, 0.3) is 17.2 Å². The summed E-state index contributed by atoms with van der Waals surface area (Å²) in [7, 11) is 1.31. The third-order valence-electron chi connectivity index (χ3n) is 4.18. The number of nitro benzene ring substituents is 1. The van der Waals surface area contributed by atoms with Crippen LogP contribution in [-0.4, -0.2) is 22.5 Å². The maximum atomic E-state index is 13.0. The fraction of sp³-hybridized carbons (Fsp3) is 0.100. The average Bonchev–Trinajstić information content (AvgIpc) is 2.71. The summed E-state index contributed by atoms with van der Waals surface area (Å²) in [6.45, 7) is 0.168. The van der Waals surface area contributed by atoms with Crippen molar-refractivity contribution >= 4 is 17.3 Å². The number of pyridine rings is 1. The van der Waals surface area contributed by atoms with Crippen LogP contribution in [0.5, 0.6) is 5.75 Å². The van der Waals surface area contributed by atoms with Crippen LogP contribution in [0.4, 0.5) is 15.8 Å². The molecule has 148 valence electrons. The maximum Gasteiger partial charge on any atom is 0.273 e. The van der Waals surface area contributed by atoms with Crippen molar-refractivity contribution in [3.05, 3.63) is 98.2 Å². The van der Waals surface area contributed by atoms with Crippen LogP contribution in [0, 0.1) is 15.9 Å². The van der Waals surface area contributed by atoms with Crippen molar-refractivity contribution in [3.63, 3.8) is 0 Å². The Morgan fingerprint density at radius 2 is 1.93 bits per heavy atom. The second-order valence-corrected chi connectivity index (χ2v) is 6.08. The molecule has 0 unspecified atom stereocenters. The van der Waals surface area contributed by atoms with E-state index in [1.165, 1.54) is 54.3 Å². The minimum Gasteiger partial charge on any atom is -0.494 e. The van der Waals surface area contributed by atoms with E-state index in [4.69, 9.17) is 4.74 Å². The standard InChI is InChI=1S/C20H16FN3O5/c1-29-18-11-15(24(27)28)8-9-17(18)22-19(25)16-3-2-10-23(20(16)26)12-13-4-6-14(21)7-5-13/h2-11H,12H2,1H3,(H,22,25). The number of benzene rings is 2. The number of rotatable bonds is 6. The predicted molar refractivity (Wildman–Crippen MR) is 104 cm³/mol. The van der Waals surface area contributed by atoms with Crippen molar-refractivity contribution in [3.8, 4) is 5.75 Å². The number of nitro groups is 1. The molecule has 0 spiro atoms. The molecule has 1 heterocycles. The molecule has 0 aliphatic rings. The molecular formula is C20H16FN3O5. The van der Waals surface area contributed by atoms with E-state index in [0.29, 0.717) is 5.56 Å². The molecule has 0 fully saturated rings. The fourth-order valence-electron chi connectivity index (χ4n) is 2.71. The number of ether oxygens (including phenoxy) is 1. The van der Waals surface area contributed by atoms with Gasteiger partial charge in [-0.25, -0.2) is 4.39 Å². The molecule has 0 radical (unpaired) electrons. The van der Waals surface area contributed by atoms with E-state index < -0.39 is 16.4 Å². The third kappa shape index (κ3) is 4.46. The Balaban J connectivity index is 1.86. The van der Waals surface area contributed by atoms with Crippen molar-refractivity contribution < 1.29 is 18.8 Å². The van der Waals surface area contributed by atoms with E-state index in [-0.39, 0.29) is 35.0 Å². The Morgan fingerprint density at radius 1 is 1.21 bits per heavy atom. The first-order valence-corrected chi connectivity index (χ1v) is 8.46. The monoisotopic (exact) mass is 397 g/mol. The van der Waals surface area contributed by atoms with Gasteiger partial charge in [0.2, 0.25) is 0 Å². The molecule has 2 aromatic carbocycles. The minimum atomic E-state index is -0.685. The Kier molecular flexibility index (Phi) is 5.68. The lowest BCUT2D eigenvalue weighted by molar-refractivity contribution is -0.384. The summed E-state index contributed by atoms with van der Waals surface area (Å²) in [6.07, 6.45) is 1.52. The van der Waals surface area contributed by atoms with Crippen molar-refractivity contribution in [2.75, 3.05) is 12.4 Å². The molecule has 0 saturated carbocycles. The van der Waals surface area contributed by atoms with Gasteiger partial charge >= 0.3 is 0 Å². The van der Waals surface area contributed by atoms with Gasteiger partial charge in [0, 0.05) is 12.3 Å². The first-order chi connectivity index (χ1) is 13.9. The molecule has 1 aromatic heterocycles. The van der Waals surface area contributed by atoms with E-state index in [9.17, 15) is 24.1 Å². The van der Waals surface area contributed by atoms with Gasteiger partial charge < -0.3 is 14.6 Å². The number of nitrogens with one attached hydrogen (secondary N) is 1. The molecule has 8 nitrogen and oxygen atoms in total. The van der Waals surface area contributed by atoms with E-state index in [1.807, 2.05) is 0 Å².